The molecule has 2 N–H and O–H groups in total. The van der Waals surface area contributed by atoms with E-state index in [1.54, 1.807) is 13.0 Å². The number of rotatable bonds is 5. The van der Waals surface area contributed by atoms with Gasteiger partial charge >= 0.3 is 0 Å². The molecule has 0 aromatic heterocycles. The molecule has 1 aliphatic heterocycles. The maximum atomic E-state index is 11.9. The van der Waals surface area contributed by atoms with E-state index in [0.29, 0.717) is 12.1 Å². The molecule has 1 amide bonds. The van der Waals surface area contributed by atoms with Crippen LogP contribution in [0.5, 0.6) is 0 Å². The average molecular weight is 327 g/mol. The number of nitrogens with zero attached hydrogens (tertiary/aromatic N) is 1. The van der Waals surface area contributed by atoms with Crippen LogP contribution in [0.25, 0.3) is 0 Å². The molecule has 0 radical (unpaired) electrons. The van der Waals surface area contributed by atoms with Gasteiger partial charge in [0.1, 0.15) is 0 Å². The van der Waals surface area contributed by atoms with Crippen molar-refractivity contribution in [2.45, 2.75) is 18.9 Å². The Morgan fingerprint density at radius 3 is 2.77 bits per heavy atom. The zero-order valence-electron chi connectivity index (χ0n) is 12.0. The number of hydrogen-bond donors (Lipinski definition) is 2. The van der Waals surface area contributed by atoms with Gasteiger partial charge in [-0.25, -0.2) is 8.42 Å². The van der Waals surface area contributed by atoms with Crippen molar-refractivity contribution in [3.8, 4) is 0 Å². The number of nitrogens with one attached hydrogen (secondary N) is 2. The van der Waals surface area contributed by atoms with Gasteiger partial charge in [0.25, 0.3) is 5.69 Å². The Labute approximate surface area is 128 Å². The minimum Gasteiger partial charge on any atom is -0.376 e. The van der Waals surface area contributed by atoms with Crippen molar-refractivity contribution in [1.29, 1.82) is 0 Å². The third kappa shape index (κ3) is 4.17. The third-order valence-electron chi connectivity index (χ3n) is 3.45. The summed E-state index contributed by atoms with van der Waals surface area (Å²) >= 11 is 0. The summed E-state index contributed by atoms with van der Waals surface area (Å²) in [6, 6.07) is 5.82. The van der Waals surface area contributed by atoms with E-state index in [0.717, 1.165) is 0 Å². The van der Waals surface area contributed by atoms with E-state index >= 15 is 0 Å². The molecule has 9 heteroatoms. The van der Waals surface area contributed by atoms with Gasteiger partial charge in [-0.3, -0.25) is 14.9 Å². The van der Waals surface area contributed by atoms with Gasteiger partial charge in [-0.05, 0) is 19.4 Å². The zero-order chi connectivity index (χ0) is 16.4. The largest absolute Gasteiger partial charge is 0.376 e. The van der Waals surface area contributed by atoms with Crippen LogP contribution in [-0.2, 0) is 14.6 Å². The second kappa shape index (κ2) is 5.91. The lowest BCUT2D eigenvalue weighted by Crippen LogP contribution is -2.48. The van der Waals surface area contributed by atoms with E-state index in [2.05, 4.69) is 10.6 Å². The Balaban J connectivity index is 1.91. The van der Waals surface area contributed by atoms with Crippen LogP contribution in [0.3, 0.4) is 0 Å². The van der Waals surface area contributed by atoms with Crippen LogP contribution in [0.2, 0.25) is 0 Å². The van der Waals surface area contributed by atoms with Crippen molar-refractivity contribution in [2.24, 2.45) is 0 Å². The number of sulfone groups is 1. The van der Waals surface area contributed by atoms with E-state index < -0.39 is 20.3 Å². The fourth-order valence-electron chi connectivity index (χ4n) is 2.40. The van der Waals surface area contributed by atoms with Crippen molar-refractivity contribution >= 4 is 27.1 Å². The number of carbonyl (C=O) groups excluding carboxylic acids is 1. The van der Waals surface area contributed by atoms with Crippen LogP contribution in [0.4, 0.5) is 11.4 Å². The molecule has 1 aromatic carbocycles. The van der Waals surface area contributed by atoms with Gasteiger partial charge in [0, 0.05) is 17.8 Å². The molecule has 1 aliphatic rings. The first-order chi connectivity index (χ1) is 10.2. The van der Waals surface area contributed by atoms with E-state index in [1.807, 2.05) is 0 Å². The highest BCUT2D eigenvalue weighted by molar-refractivity contribution is 7.91. The van der Waals surface area contributed by atoms with Crippen molar-refractivity contribution in [3.05, 3.63) is 34.4 Å². The molecule has 8 nitrogen and oxygen atoms in total. The van der Waals surface area contributed by atoms with Crippen molar-refractivity contribution < 1.29 is 18.1 Å². The Morgan fingerprint density at radius 1 is 1.45 bits per heavy atom. The van der Waals surface area contributed by atoms with Gasteiger partial charge in [-0.15, -0.1) is 0 Å². The normalized spacial score (nSPS) is 23.0. The van der Waals surface area contributed by atoms with Crippen LogP contribution in [0, 0.1) is 10.1 Å². The van der Waals surface area contributed by atoms with E-state index in [4.69, 9.17) is 0 Å². The van der Waals surface area contributed by atoms with Crippen LogP contribution in [0.15, 0.2) is 24.3 Å². The number of carbonyl (C=O) groups is 1. The first-order valence-corrected chi connectivity index (χ1v) is 8.51. The van der Waals surface area contributed by atoms with Crippen molar-refractivity contribution in [1.82, 2.24) is 5.32 Å². The molecule has 0 spiro atoms. The fraction of sp³-hybridized carbons (Fsp3) is 0.462. The SMILES string of the molecule is C[C@@]1(NC(=O)CNc2cccc([N+](=O)[O-])c2)CCS(=O)(=O)C1. The molecule has 0 saturated carbocycles. The monoisotopic (exact) mass is 327 g/mol. The smallest absolute Gasteiger partial charge is 0.271 e. The number of nitro groups is 1. The van der Waals surface area contributed by atoms with Gasteiger partial charge in [0.05, 0.1) is 28.5 Å². The highest BCUT2D eigenvalue weighted by Gasteiger charge is 2.39. The maximum absolute atomic E-state index is 11.9. The molecule has 2 rings (SSSR count). The molecule has 1 saturated heterocycles. The number of anilines is 1. The lowest BCUT2D eigenvalue weighted by molar-refractivity contribution is -0.384. The van der Waals surface area contributed by atoms with Gasteiger partial charge in [-0.1, -0.05) is 6.07 Å². The summed E-state index contributed by atoms with van der Waals surface area (Å²) in [5, 5.41) is 16.2. The number of amides is 1. The molecule has 1 fully saturated rings. The highest BCUT2D eigenvalue weighted by atomic mass is 32.2. The van der Waals surface area contributed by atoms with Gasteiger partial charge < -0.3 is 10.6 Å². The summed E-state index contributed by atoms with van der Waals surface area (Å²) in [5.41, 5.74) is -0.367. The quantitative estimate of drug-likeness (QED) is 0.607. The fourth-order valence-corrected chi connectivity index (χ4v) is 4.49. The second-order valence-electron chi connectivity index (χ2n) is 5.61. The molecule has 1 aromatic rings. The molecular formula is C13H17N3O5S. The number of nitro benzene ring substituents is 1. The average Bonchev–Trinajstić information content (AvgIpc) is 2.70. The first-order valence-electron chi connectivity index (χ1n) is 6.69. The summed E-state index contributed by atoms with van der Waals surface area (Å²) < 4.78 is 23.0. The molecule has 1 heterocycles. The van der Waals surface area contributed by atoms with Crippen LogP contribution in [-0.4, -0.2) is 42.8 Å². The highest BCUT2D eigenvalue weighted by Crippen LogP contribution is 2.22. The van der Waals surface area contributed by atoms with E-state index in [1.165, 1.54) is 18.2 Å². The van der Waals surface area contributed by atoms with Gasteiger partial charge in [-0.2, -0.15) is 0 Å². The molecule has 0 unspecified atom stereocenters. The maximum Gasteiger partial charge on any atom is 0.271 e. The number of non-ortho nitro benzene ring substituents is 1. The van der Waals surface area contributed by atoms with Crippen molar-refractivity contribution in [2.75, 3.05) is 23.4 Å². The zero-order valence-corrected chi connectivity index (χ0v) is 12.9. The topological polar surface area (TPSA) is 118 Å². The standard InChI is InChI=1S/C13H17N3O5S/c1-13(5-6-22(20,21)9-13)15-12(17)8-14-10-3-2-4-11(7-10)16(18)19/h2-4,7,14H,5-6,8-9H2,1H3,(H,15,17)/t13-/m1/s1. The van der Waals surface area contributed by atoms with E-state index in [9.17, 15) is 23.3 Å². The summed E-state index contributed by atoms with van der Waals surface area (Å²) in [7, 11) is -3.09. The summed E-state index contributed by atoms with van der Waals surface area (Å²) in [6.45, 7) is 1.61. The molecule has 22 heavy (non-hydrogen) atoms. The number of benzene rings is 1. The molecular weight excluding hydrogens is 310 g/mol. The van der Waals surface area contributed by atoms with Gasteiger partial charge in [0.15, 0.2) is 9.84 Å². The lowest BCUT2D eigenvalue weighted by atomic mass is 10.0. The molecule has 0 aliphatic carbocycles. The summed E-state index contributed by atoms with van der Waals surface area (Å²) in [4.78, 5) is 22.1. The minimum absolute atomic E-state index is 0.0669. The van der Waals surface area contributed by atoms with Gasteiger partial charge in [0.2, 0.25) is 5.91 Å². The third-order valence-corrected chi connectivity index (χ3v) is 5.36. The Hall–Kier alpha value is -2.16. The summed E-state index contributed by atoms with van der Waals surface area (Å²) in [6.07, 6.45) is 0.387. The summed E-state index contributed by atoms with van der Waals surface area (Å²) in [5.74, 6) is -0.351. The minimum atomic E-state index is -3.09. The van der Waals surface area contributed by atoms with Crippen LogP contribution >= 0.6 is 0 Å². The van der Waals surface area contributed by atoms with E-state index in [-0.39, 0.29) is 29.6 Å². The number of hydrogen-bond acceptors (Lipinski definition) is 6. The Morgan fingerprint density at radius 2 is 2.18 bits per heavy atom. The Kier molecular flexibility index (Phi) is 4.36. The molecule has 1 atom stereocenters. The first kappa shape index (κ1) is 16.2. The molecule has 120 valence electrons. The second-order valence-corrected chi connectivity index (χ2v) is 7.80. The predicted octanol–water partition coefficient (Wildman–Crippen LogP) is 0.700. The molecule has 0 bridgehead atoms. The van der Waals surface area contributed by atoms with Crippen LogP contribution in [0.1, 0.15) is 13.3 Å². The lowest BCUT2D eigenvalue weighted by Gasteiger charge is -2.24. The Bertz CT molecular complexity index is 703. The van der Waals surface area contributed by atoms with Crippen LogP contribution < -0.4 is 10.6 Å². The predicted molar refractivity (Wildman–Crippen MR) is 81.4 cm³/mol. The van der Waals surface area contributed by atoms with Crippen molar-refractivity contribution in [3.63, 3.8) is 0 Å².